The minimum Gasteiger partial charge on any atom is -0.496 e. The number of thioether (sulfide) groups is 1. The fourth-order valence-corrected chi connectivity index (χ4v) is 3.02. The van der Waals surface area contributed by atoms with Crippen LogP contribution in [0.4, 0.5) is 0 Å². The lowest BCUT2D eigenvalue weighted by Crippen LogP contribution is -1.96. The van der Waals surface area contributed by atoms with Crippen LogP contribution in [0.25, 0.3) is 10.8 Å². The van der Waals surface area contributed by atoms with E-state index < -0.39 is 6.10 Å². The van der Waals surface area contributed by atoms with Crippen LogP contribution in [0.1, 0.15) is 17.2 Å². The monoisotopic (exact) mass is 334 g/mol. The summed E-state index contributed by atoms with van der Waals surface area (Å²) in [6.07, 6.45) is 1.19. The summed E-state index contributed by atoms with van der Waals surface area (Å²) in [6, 6.07) is 19.6. The average Bonchev–Trinajstić information content (AvgIpc) is 2.65. The Kier molecular flexibility index (Phi) is 5.10. The van der Waals surface area contributed by atoms with E-state index in [4.69, 9.17) is 4.74 Å². The zero-order valence-corrected chi connectivity index (χ0v) is 14.4. The number of ether oxygens (including phenoxy) is 1. The Morgan fingerprint density at radius 2 is 1.67 bits per heavy atom. The van der Waals surface area contributed by atoms with Gasteiger partial charge in [-0.25, -0.2) is 0 Å². The van der Waals surface area contributed by atoms with Crippen LogP contribution in [0.15, 0.2) is 65.6 Å². The largest absolute Gasteiger partial charge is 0.496 e. The molecule has 0 spiro atoms. The van der Waals surface area contributed by atoms with Crippen molar-refractivity contribution in [1.82, 2.24) is 0 Å². The summed E-state index contributed by atoms with van der Waals surface area (Å²) in [6.45, 7) is 0. The van der Waals surface area contributed by atoms with Gasteiger partial charge in [0.15, 0.2) is 0 Å². The van der Waals surface area contributed by atoms with E-state index in [0.29, 0.717) is 0 Å². The molecule has 0 aliphatic carbocycles. The second-order valence-electron chi connectivity index (χ2n) is 5.30. The maximum atomic E-state index is 10.5. The van der Waals surface area contributed by atoms with Gasteiger partial charge in [0, 0.05) is 21.4 Å². The fraction of sp³-hybridized carbons (Fsp3) is 0.143. The zero-order chi connectivity index (χ0) is 16.9. The molecule has 120 valence electrons. The topological polar surface area (TPSA) is 29.5 Å². The first-order chi connectivity index (χ1) is 11.7. The lowest BCUT2D eigenvalue weighted by Gasteiger charge is -2.11. The number of fused-ring (bicyclic) bond motifs is 1. The molecule has 3 heteroatoms. The minimum absolute atomic E-state index is 0.791. The van der Waals surface area contributed by atoms with Crippen molar-refractivity contribution in [1.29, 1.82) is 0 Å². The molecule has 24 heavy (non-hydrogen) atoms. The molecule has 0 heterocycles. The van der Waals surface area contributed by atoms with Crippen molar-refractivity contribution in [3.63, 3.8) is 0 Å². The van der Waals surface area contributed by atoms with Crippen molar-refractivity contribution in [2.75, 3.05) is 13.4 Å². The number of hydrogen-bond acceptors (Lipinski definition) is 3. The lowest BCUT2D eigenvalue weighted by atomic mass is 9.99. The molecule has 0 fully saturated rings. The van der Waals surface area contributed by atoms with Crippen molar-refractivity contribution >= 4 is 22.5 Å². The van der Waals surface area contributed by atoms with Crippen molar-refractivity contribution in [3.05, 3.63) is 71.8 Å². The standard InChI is InChI=1S/C21H18O2S/c1-23-21-14-12-18(17-5-3-4-6-19(17)21)20(22)13-9-15-7-10-16(24-2)11-8-15/h3-8,10-12,14,20,22H,1-2H3. The zero-order valence-electron chi connectivity index (χ0n) is 13.6. The highest BCUT2D eigenvalue weighted by atomic mass is 32.2. The fourth-order valence-electron chi connectivity index (χ4n) is 2.61. The molecule has 0 bridgehead atoms. The van der Waals surface area contributed by atoms with E-state index >= 15 is 0 Å². The molecule has 3 rings (SSSR count). The van der Waals surface area contributed by atoms with E-state index in [-0.39, 0.29) is 0 Å². The third-order valence-electron chi connectivity index (χ3n) is 3.88. The van der Waals surface area contributed by atoms with Crippen LogP contribution in [0.2, 0.25) is 0 Å². The van der Waals surface area contributed by atoms with Crippen LogP contribution in [0, 0.1) is 11.8 Å². The van der Waals surface area contributed by atoms with Crippen molar-refractivity contribution in [2.45, 2.75) is 11.0 Å². The second kappa shape index (κ2) is 7.44. The predicted octanol–water partition coefficient (Wildman–Crippen LogP) is 4.66. The maximum absolute atomic E-state index is 10.5. The van der Waals surface area contributed by atoms with Gasteiger partial charge in [0.1, 0.15) is 11.9 Å². The molecule has 3 aromatic rings. The van der Waals surface area contributed by atoms with Crippen molar-refractivity contribution in [3.8, 4) is 17.6 Å². The molecule has 1 atom stereocenters. The first-order valence-corrected chi connectivity index (χ1v) is 8.84. The van der Waals surface area contributed by atoms with E-state index in [0.717, 1.165) is 27.6 Å². The molecular weight excluding hydrogens is 316 g/mol. The number of benzene rings is 3. The van der Waals surface area contributed by atoms with Crippen LogP contribution in [-0.2, 0) is 0 Å². The molecular formula is C21H18O2S. The van der Waals surface area contributed by atoms with Crippen LogP contribution < -0.4 is 4.74 Å². The van der Waals surface area contributed by atoms with E-state index in [9.17, 15) is 5.11 Å². The molecule has 0 aliphatic heterocycles. The molecule has 1 unspecified atom stereocenters. The summed E-state index contributed by atoms with van der Waals surface area (Å²) in [4.78, 5) is 1.20. The Labute approximate surface area is 146 Å². The van der Waals surface area contributed by atoms with Gasteiger partial charge in [-0.1, -0.05) is 42.2 Å². The first-order valence-electron chi connectivity index (χ1n) is 7.62. The highest BCUT2D eigenvalue weighted by molar-refractivity contribution is 7.98. The molecule has 3 aromatic carbocycles. The van der Waals surface area contributed by atoms with Gasteiger partial charge in [0.2, 0.25) is 0 Å². The number of hydrogen-bond donors (Lipinski definition) is 1. The number of rotatable bonds is 3. The van der Waals surface area contributed by atoms with E-state index in [2.05, 4.69) is 11.8 Å². The Hall–Kier alpha value is -2.41. The molecule has 2 nitrogen and oxygen atoms in total. The summed E-state index contributed by atoms with van der Waals surface area (Å²) in [5.74, 6) is 6.78. The van der Waals surface area contributed by atoms with Crippen molar-refractivity contribution in [2.24, 2.45) is 0 Å². The Balaban J connectivity index is 1.94. The van der Waals surface area contributed by atoms with Gasteiger partial charge in [0.05, 0.1) is 7.11 Å². The highest BCUT2D eigenvalue weighted by Gasteiger charge is 2.11. The molecule has 1 N–H and O–H groups in total. The normalized spacial score (nSPS) is 11.6. The molecule has 0 aromatic heterocycles. The van der Waals surface area contributed by atoms with Crippen LogP contribution in [-0.4, -0.2) is 18.5 Å². The summed E-state index contributed by atoms with van der Waals surface area (Å²) < 4.78 is 5.39. The smallest absolute Gasteiger partial charge is 0.141 e. The van der Waals surface area contributed by atoms with E-state index in [1.165, 1.54) is 4.90 Å². The summed E-state index contributed by atoms with van der Waals surface area (Å²) in [5, 5.41) is 12.5. The second-order valence-corrected chi connectivity index (χ2v) is 6.18. The van der Waals surface area contributed by atoms with E-state index in [1.807, 2.05) is 66.9 Å². The molecule has 0 saturated heterocycles. The van der Waals surface area contributed by atoms with Gasteiger partial charge in [-0.05, 0) is 42.0 Å². The van der Waals surface area contributed by atoms with E-state index in [1.54, 1.807) is 18.9 Å². The molecule has 0 aliphatic rings. The Morgan fingerprint density at radius 3 is 2.33 bits per heavy atom. The van der Waals surface area contributed by atoms with Gasteiger partial charge < -0.3 is 9.84 Å². The van der Waals surface area contributed by atoms with Crippen LogP contribution in [0.5, 0.6) is 5.75 Å². The summed E-state index contributed by atoms with van der Waals surface area (Å²) >= 11 is 1.69. The maximum Gasteiger partial charge on any atom is 0.141 e. The van der Waals surface area contributed by atoms with Crippen LogP contribution in [0.3, 0.4) is 0 Å². The SMILES string of the molecule is COc1ccc(C(O)C#Cc2ccc(SC)cc2)c2ccccc12. The third-order valence-corrected chi connectivity index (χ3v) is 4.62. The Morgan fingerprint density at radius 1 is 0.958 bits per heavy atom. The molecule has 0 radical (unpaired) electrons. The average molecular weight is 334 g/mol. The van der Waals surface area contributed by atoms with Gasteiger partial charge in [-0.2, -0.15) is 0 Å². The van der Waals surface area contributed by atoms with Gasteiger partial charge in [0.25, 0.3) is 0 Å². The third kappa shape index (κ3) is 3.41. The van der Waals surface area contributed by atoms with Gasteiger partial charge in [-0.15, -0.1) is 11.8 Å². The number of aliphatic hydroxyl groups excluding tert-OH is 1. The minimum atomic E-state index is -0.846. The highest BCUT2D eigenvalue weighted by Crippen LogP contribution is 2.31. The van der Waals surface area contributed by atoms with Gasteiger partial charge in [-0.3, -0.25) is 0 Å². The Bertz CT molecular complexity index is 905. The quantitative estimate of drug-likeness (QED) is 0.558. The molecule has 0 amide bonds. The first kappa shape index (κ1) is 16.4. The van der Waals surface area contributed by atoms with Crippen molar-refractivity contribution < 1.29 is 9.84 Å². The predicted molar refractivity (Wildman–Crippen MR) is 101 cm³/mol. The lowest BCUT2D eigenvalue weighted by molar-refractivity contribution is 0.240. The number of methoxy groups -OCH3 is 1. The summed E-state index contributed by atoms with van der Waals surface area (Å²) in [5.41, 5.74) is 1.68. The summed E-state index contributed by atoms with van der Waals surface area (Å²) in [7, 11) is 1.65. The molecule has 0 saturated carbocycles. The van der Waals surface area contributed by atoms with Gasteiger partial charge >= 0.3 is 0 Å². The number of aliphatic hydroxyl groups is 1. The van der Waals surface area contributed by atoms with Crippen LogP contribution >= 0.6 is 11.8 Å².